The monoisotopic (exact) mass is 522 g/mol. The molecule has 0 radical (unpaired) electrons. The second-order valence-electron chi connectivity index (χ2n) is 7.39. The number of carboxylic acids is 3. The van der Waals surface area contributed by atoms with Gasteiger partial charge in [-0.25, -0.2) is 14.4 Å². The number of benzene rings is 1. The van der Waals surface area contributed by atoms with E-state index >= 15 is 0 Å². The van der Waals surface area contributed by atoms with E-state index in [9.17, 15) is 14.4 Å². The molecule has 0 bridgehead atoms. The summed E-state index contributed by atoms with van der Waals surface area (Å²) in [5, 5.41) is 49.0. The summed E-state index contributed by atoms with van der Waals surface area (Å²) in [6.07, 6.45) is 5.02. The van der Waals surface area contributed by atoms with Crippen LogP contribution in [-0.4, -0.2) is 68.4 Å². The highest BCUT2D eigenvalue weighted by Gasteiger charge is 2.03. The maximum absolute atomic E-state index is 9.60. The molecule has 0 unspecified atom stereocenters. The van der Waals surface area contributed by atoms with E-state index in [1.807, 2.05) is 36.4 Å². The SMILES string of the molecule is C=C(C)C(=O)O.C=C(C)C(=O)O.C=C(C)C(=O)O.C=Cc1ccccc1C=C.OCCCC(CO)CO. The zero-order valence-electron chi connectivity index (χ0n) is 22.0. The smallest absolute Gasteiger partial charge is 0.330 e. The first-order valence-corrected chi connectivity index (χ1v) is 11.0. The van der Waals surface area contributed by atoms with Gasteiger partial charge in [0.1, 0.15) is 0 Å². The van der Waals surface area contributed by atoms with E-state index in [0.717, 1.165) is 11.1 Å². The van der Waals surface area contributed by atoms with Crippen molar-refractivity contribution < 1.29 is 45.0 Å². The van der Waals surface area contributed by atoms with Crippen molar-refractivity contribution in [1.82, 2.24) is 0 Å². The Morgan fingerprint density at radius 1 is 0.730 bits per heavy atom. The second kappa shape index (κ2) is 26.8. The highest BCUT2D eigenvalue weighted by molar-refractivity contribution is 5.85. The van der Waals surface area contributed by atoms with Gasteiger partial charge in [0.05, 0.1) is 0 Å². The molecule has 0 aromatic heterocycles. The lowest BCUT2D eigenvalue weighted by molar-refractivity contribution is -0.133. The first kappa shape index (κ1) is 40.4. The molecule has 0 spiro atoms. The van der Waals surface area contributed by atoms with Crippen molar-refractivity contribution in [2.24, 2.45) is 5.92 Å². The highest BCUT2D eigenvalue weighted by atomic mass is 16.4. The molecule has 0 heterocycles. The third kappa shape index (κ3) is 30.2. The summed E-state index contributed by atoms with van der Waals surface area (Å²) in [5.41, 5.74) is 2.80. The van der Waals surface area contributed by atoms with Crippen molar-refractivity contribution in [3.8, 4) is 0 Å². The van der Waals surface area contributed by atoms with Crippen molar-refractivity contribution in [1.29, 1.82) is 0 Å². The van der Waals surface area contributed by atoms with Crippen LogP contribution in [0.3, 0.4) is 0 Å². The maximum Gasteiger partial charge on any atom is 0.330 e. The largest absolute Gasteiger partial charge is 0.478 e. The van der Waals surface area contributed by atoms with E-state index in [1.165, 1.54) is 20.8 Å². The summed E-state index contributed by atoms with van der Waals surface area (Å²) in [5.74, 6) is -2.85. The van der Waals surface area contributed by atoms with Gasteiger partial charge in [0.2, 0.25) is 0 Å². The molecular formula is C28H42O9. The molecule has 0 aliphatic carbocycles. The van der Waals surface area contributed by atoms with Crippen molar-refractivity contribution in [3.05, 3.63) is 85.0 Å². The van der Waals surface area contributed by atoms with E-state index < -0.39 is 17.9 Å². The van der Waals surface area contributed by atoms with Gasteiger partial charge in [-0.05, 0) is 44.7 Å². The molecule has 0 fully saturated rings. The third-order valence-corrected chi connectivity index (χ3v) is 3.82. The summed E-state index contributed by atoms with van der Waals surface area (Å²) in [6.45, 7) is 21.3. The van der Waals surface area contributed by atoms with Gasteiger partial charge in [-0.1, -0.05) is 69.3 Å². The van der Waals surface area contributed by atoms with Gasteiger partial charge in [0, 0.05) is 42.5 Å². The molecule has 0 aliphatic heterocycles. The van der Waals surface area contributed by atoms with Crippen molar-refractivity contribution in [2.75, 3.05) is 19.8 Å². The minimum absolute atomic E-state index is 0.0104. The number of hydrogen-bond acceptors (Lipinski definition) is 6. The Morgan fingerprint density at radius 3 is 1.16 bits per heavy atom. The van der Waals surface area contributed by atoms with E-state index in [4.69, 9.17) is 30.6 Å². The topological polar surface area (TPSA) is 173 Å². The van der Waals surface area contributed by atoms with Crippen molar-refractivity contribution in [3.63, 3.8) is 0 Å². The van der Waals surface area contributed by atoms with E-state index in [0.29, 0.717) is 12.8 Å². The van der Waals surface area contributed by atoms with Crippen molar-refractivity contribution >= 4 is 30.1 Å². The number of aliphatic hydroxyl groups is 3. The molecule has 0 atom stereocenters. The fraction of sp³-hybridized carbons (Fsp3) is 0.321. The predicted octanol–water partition coefficient (Wildman–Crippen LogP) is 4.27. The van der Waals surface area contributed by atoms with Crippen LogP contribution in [0.25, 0.3) is 12.2 Å². The van der Waals surface area contributed by atoms with Gasteiger partial charge in [-0.3, -0.25) is 0 Å². The van der Waals surface area contributed by atoms with Gasteiger partial charge < -0.3 is 30.6 Å². The van der Waals surface area contributed by atoms with Crippen LogP contribution in [0.2, 0.25) is 0 Å². The van der Waals surface area contributed by atoms with E-state index in [2.05, 4.69) is 32.9 Å². The Morgan fingerprint density at radius 2 is 1.00 bits per heavy atom. The molecule has 208 valence electrons. The molecule has 37 heavy (non-hydrogen) atoms. The summed E-state index contributed by atoms with van der Waals surface area (Å²) in [6, 6.07) is 8.02. The minimum atomic E-state index is -0.935. The number of hydrogen-bond donors (Lipinski definition) is 6. The first-order valence-electron chi connectivity index (χ1n) is 11.0. The molecule has 1 rings (SSSR count). The number of rotatable bonds is 10. The van der Waals surface area contributed by atoms with Crippen LogP contribution in [0.15, 0.2) is 73.9 Å². The van der Waals surface area contributed by atoms with Gasteiger partial charge in [0.15, 0.2) is 0 Å². The number of aliphatic hydroxyl groups excluding tert-OH is 3. The molecule has 0 aliphatic rings. The van der Waals surface area contributed by atoms with E-state index in [1.54, 1.807) is 0 Å². The summed E-state index contributed by atoms with van der Waals surface area (Å²) in [4.78, 5) is 28.8. The van der Waals surface area contributed by atoms with Crippen LogP contribution in [0.5, 0.6) is 0 Å². The van der Waals surface area contributed by atoms with Crippen molar-refractivity contribution in [2.45, 2.75) is 33.6 Å². The average Bonchev–Trinajstić information content (AvgIpc) is 2.86. The third-order valence-electron chi connectivity index (χ3n) is 3.82. The lowest BCUT2D eigenvalue weighted by Crippen LogP contribution is -2.11. The Hall–Kier alpha value is -3.79. The lowest BCUT2D eigenvalue weighted by atomic mass is 10.1. The quantitative estimate of drug-likeness (QED) is 0.245. The summed E-state index contributed by atoms with van der Waals surface area (Å²) in [7, 11) is 0. The Labute approximate surface area is 219 Å². The molecule has 1 aromatic carbocycles. The van der Waals surface area contributed by atoms with E-state index in [-0.39, 0.29) is 42.5 Å². The van der Waals surface area contributed by atoms with Crippen LogP contribution in [-0.2, 0) is 14.4 Å². The van der Waals surface area contributed by atoms with Crippen LogP contribution < -0.4 is 0 Å². The molecule has 6 N–H and O–H groups in total. The fourth-order valence-corrected chi connectivity index (χ4v) is 1.50. The molecule has 9 nitrogen and oxygen atoms in total. The molecule has 0 saturated heterocycles. The van der Waals surface area contributed by atoms with Gasteiger partial charge >= 0.3 is 17.9 Å². The lowest BCUT2D eigenvalue weighted by Gasteiger charge is -2.07. The number of aliphatic carboxylic acids is 3. The number of carboxylic acid groups (broad SMARTS) is 3. The first-order chi connectivity index (χ1) is 17.2. The zero-order chi connectivity index (χ0) is 30.0. The van der Waals surface area contributed by atoms with Gasteiger partial charge in [0.25, 0.3) is 0 Å². The van der Waals surface area contributed by atoms with Crippen LogP contribution in [0, 0.1) is 5.92 Å². The number of carbonyl (C=O) groups is 3. The average molecular weight is 523 g/mol. The highest BCUT2D eigenvalue weighted by Crippen LogP contribution is 2.10. The van der Waals surface area contributed by atoms with Gasteiger partial charge in [-0.2, -0.15) is 0 Å². The summed E-state index contributed by atoms with van der Waals surface area (Å²) >= 11 is 0. The van der Waals surface area contributed by atoms with Crippen LogP contribution in [0.4, 0.5) is 0 Å². The summed E-state index contributed by atoms with van der Waals surface area (Å²) < 4.78 is 0. The van der Waals surface area contributed by atoms with Crippen LogP contribution >= 0.6 is 0 Å². The van der Waals surface area contributed by atoms with Crippen LogP contribution in [0.1, 0.15) is 44.7 Å². The molecule has 1 aromatic rings. The molecule has 9 heteroatoms. The predicted molar refractivity (Wildman–Crippen MR) is 148 cm³/mol. The fourth-order valence-electron chi connectivity index (χ4n) is 1.50. The molecule has 0 amide bonds. The zero-order valence-corrected chi connectivity index (χ0v) is 22.0. The standard InChI is InChI=1S/C10H10.C6H14O3.3C4H6O2/c1-3-9-7-5-6-8-10(9)4-2;7-3-1-2-6(4-8)5-9;3*1-3(2)4(5)6/h3-8H,1-2H2;6-9H,1-5H2;3*1H2,2H3,(H,5,6). The second-order valence-corrected chi connectivity index (χ2v) is 7.39. The Kier molecular flexibility index (Phi) is 29.3. The molecular weight excluding hydrogens is 480 g/mol. The minimum Gasteiger partial charge on any atom is -0.478 e. The normalized spacial score (nSPS) is 8.62. The maximum atomic E-state index is 9.60. The Bertz CT molecular complexity index is 746. The van der Waals surface area contributed by atoms with Gasteiger partial charge in [-0.15, -0.1) is 0 Å². The molecule has 0 saturated carbocycles. The Balaban J connectivity index is -0.000000188.